The van der Waals surface area contributed by atoms with Gasteiger partial charge >= 0.3 is 0 Å². The Morgan fingerprint density at radius 2 is 1.90 bits per heavy atom. The molecule has 152 valence electrons. The first kappa shape index (κ1) is 20.5. The summed E-state index contributed by atoms with van der Waals surface area (Å²) in [6.45, 7) is 5.10. The maximum Gasteiger partial charge on any atom is 0.256 e. The SMILES string of the molecule is CCCCN1CC(C(=O)Nc2ccc(C(=O)Nc3cccc(C)n3)cc2)CC1=O. The Bertz CT molecular complexity index is 895. The zero-order chi connectivity index (χ0) is 20.8. The van der Waals surface area contributed by atoms with Gasteiger partial charge in [0.15, 0.2) is 0 Å². The molecule has 1 aliphatic rings. The van der Waals surface area contributed by atoms with Crippen LogP contribution < -0.4 is 10.6 Å². The van der Waals surface area contributed by atoms with Crippen LogP contribution >= 0.6 is 0 Å². The molecule has 0 spiro atoms. The molecule has 7 heteroatoms. The summed E-state index contributed by atoms with van der Waals surface area (Å²) < 4.78 is 0. The minimum atomic E-state index is -0.338. The van der Waals surface area contributed by atoms with E-state index in [1.807, 2.05) is 19.1 Å². The zero-order valence-electron chi connectivity index (χ0n) is 16.8. The maximum atomic E-state index is 12.5. The molecule has 0 aliphatic carbocycles. The fourth-order valence-corrected chi connectivity index (χ4v) is 3.26. The van der Waals surface area contributed by atoms with Gasteiger partial charge in [0.1, 0.15) is 5.82 Å². The van der Waals surface area contributed by atoms with Crippen molar-refractivity contribution in [3.63, 3.8) is 0 Å². The molecule has 3 rings (SSSR count). The van der Waals surface area contributed by atoms with E-state index in [2.05, 4.69) is 22.5 Å². The number of hydrogen-bond acceptors (Lipinski definition) is 4. The van der Waals surface area contributed by atoms with Crippen molar-refractivity contribution in [2.45, 2.75) is 33.1 Å². The lowest BCUT2D eigenvalue weighted by molar-refractivity contribution is -0.128. The molecule has 1 atom stereocenters. The maximum absolute atomic E-state index is 12.5. The molecular formula is C22H26N4O3. The quantitative estimate of drug-likeness (QED) is 0.754. The van der Waals surface area contributed by atoms with Crippen LogP contribution in [0.4, 0.5) is 11.5 Å². The van der Waals surface area contributed by atoms with Crippen LogP contribution in [-0.2, 0) is 9.59 Å². The van der Waals surface area contributed by atoms with Gasteiger partial charge in [-0.05, 0) is 49.7 Å². The van der Waals surface area contributed by atoms with Crippen LogP contribution in [0.3, 0.4) is 0 Å². The highest BCUT2D eigenvalue weighted by molar-refractivity contribution is 6.04. The summed E-state index contributed by atoms with van der Waals surface area (Å²) in [5.41, 5.74) is 1.88. The number of nitrogens with zero attached hydrogens (tertiary/aromatic N) is 2. The van der Waals surface area contributed by atoms with Crippen molar-refractivity contribution in [3.05, 3.63) is 53.7 Å². The topological polar surface area (TPSA) is 91.4 Å². The molecule has 1 aliphatic heterocycles. The van der Waals surface area contributed by atoms with Gasteiger partial charge in [0.25, 0.3) is 5.91 Å². The second kappa shape index (κ2) is 9.32. The van der Waals surface area contributed by atoms with Crippen LogP contribution in [0.1, 0.15) is 42.2 Å². The van der Waals surface area contributed by atoms with E-state index < -0.39 is 0 Å². The molecule has 1 aromatic carbocycles. The van der Waals surface area contributed by atoms with Crippen molar-refractivity contribution in [1.82, 2.24) is 9.88 Å². The van der Waals surface area contributed by atoms with Gasteiger partial charge in [-0.25, -0.2) is 4.98 Å². The summed E-state index contributed by atoms with van der Waals surface area (Å²) in [6, 6.07) is 12.1. The number of nitrogens with one attached hydrogen (secondary N) is 2. The van der Waals surface area contributed by atoms with Crippen LogP contribution in [0.5, 0.6) is 0 Å². The first-order valence-electron chi connectivity index (χ1n) is 9.90. The minimum Gasteiger partial charge on any atom is -0.342 e. The summed E-state index contributed by atoms with van der Waals surface area (Å²) in [4.78, 5) is 42.9. The summed E-state index contributed by atoms with van der Waals surface area (Å²) in [5, 5.41) is 5.59. The molecule has 2 N–H and O–H groups in total. The number of unbranched alkanes of at least 4 members (excludes halogenated alkanes) is 1. The highest BCUT2D eigenvalue weighted by atomic mass is 16.2. The van der Waals surface area contributed by atoms with Gasteiger partial charge in [0, 0.05) is 36.5 Å². The largest absolute Gasteiger partial charge is 0.342 e. The zero-order valence-corrected chi connectivity index (χ0v) is 16.8. The van der Waals surface area contributed by atoms with Gasteiger partial charge in [-0.1, -0.05) is 19.4 Å². The van der Waals surface area contributed by atoms with E-state index in [9.17, 15) is 14.4 Å². The number of anilines is 2. The van der Waals surface area contributed by atoms with E-state index in [0.29, 0.717) is 30.2 Å². The number of carbonyl (C=O) groups excluding carboxylic acids is 3. The second-order valence-corrected chi connectivity index (χ2v) is 7.28. The van der Waals surface area contributed by atoms with Gasteiger partial charge in [0.05, 0.1) is 5.92 Å². The van der Waals surface area contributed by atoms with Gasteiger partial charge in [-0.3, -0.25) is 14.4 Å². The van der Waals surface area contributed by atoms with Gasteiger partial charge in [-0.15, -0.1) is 0 Å². The molecule has 1 aromatic heterocycles. The standard InChI is InChI=1S/C22H26N4O3/c1-3-4-12-26-14-17(13-20(26)27)22(29)24-18-10-8-16(9-11-18)21(28)25-19-7-5-6-15(2)23-19/h5-11,17H,3-4,12-14H2,1-2H3,(H,24,29)(H,23,25,28). The fourth-order valence-electron chi connectivity index (χ4n) is 3.26. The summed E-state index contributed by atoms with van der Waals surface area (Å²) in [6.07, 6.45) is 2.21. The van der Waals surface area contributed by atoms with Crippen molar-refractivity contribution in [2.75, 3.05) is 23.7 Å². The summed E-state index contributed by atoms with van der Waals surface area (Å²) in [5.74, 6) is -0.247. The molecule has 0 radical (unpaired) electrons. The number of aryl methyl sites for hydroxylation is 1. The highest BCUT2D eigenvalue weighted by Gasteiger charge is 2.33. The average Bonchev–Trinajstić information content (AvgIpc) is 3.07. The monoisotopic (exact) mass is 394 g/mol. The Hall–Kier alpha value is -3.22. The normalized spacial score (nSPS) is 16.0. The van der Waals surface area contributed by atoms with Gasteiger partial charge < -0.3 is 15.5 Å². The van der Waals surface area contributed by atoms with Gasteiger partial charge in [0.2, 0.25) is 11.8 Å². The number of hydrogen-bond donors (Lipinski definition) is 2. The molecule has 0 bridgehead atoms. The predicted octanol–water partition coefficient (Wildman–Crippen LogP) is 3.23. The number of rotatable bonds is 7. The van der Waals surface area contributed by atoms with Crippen LogP contribution in [0, 0.1) is 12.8 Å². The van der Waals surface area contributed by atoms with E-state index >= 15 is 0 Å². The van der Waals surface area contributed by atoms with Crippen molar-refractivity contribution in [3.8, 4) is 0 Å². The predicted molar refractivity (Wildman–Crippen MR) is 112 cm³/mol. The van der Waals surface area contributed by atoms with Crippen LogP contribution in [0.15, 0.2) is 42.5 Å². The lowest BCUT2D eigenvalue weighted by atomic mass is 10.1. The van der Waals surface area contributed by atoms with Crippen molar-refractivity contribution in [1.29, 1.82) is 0 Å². The molecule has 7 nitrogen and oxygen atoms in total. The lowest BCUT2D eigenvalue weighted by Gasteiger charge is -2.16. The molecule has 3 amide bonds. The van der Waals surface area contributed by atoms with Crippen LogP contribution in [0.25, 0.3) is 0 Å². The Balaban J connectivity index is 1.55. The van der Waals surface area contributed by atoms with E-state index in [-0.39, 0.29) is 30.1 Å². The number of carbonyl (C=O) groups is 3. The smallest absolute Gasteiger partial charge is 0.256 e. The van der Waals surface area contributed by atoms with Crippen LogP contribution in [0.2, 0.25) is 0 Å². The third-order valence-electron chi connectivity index (χ3n) is 4.91. The third kappa shape index (κ3) is 5.40. The molecule has 0 saturated carbocycles. The molecule has 2 aromatic rings. The molecule has 1 unspecified atom stereocenters. The Morgan fingerprint density at radius 3 is 2.59 bits per heavy atom. The third-order valence-corrected chi connectivity index (χ3v) is 4.91. The van der Waals surface area contributed by atoms with Crippen molar-refractivity contribution in [2.24, 2.45) is 5.92 Å². The highest BCUT2D eigenvalue weighted by Crippen LogP contribution is 2.21. The van der Waals surface area contributed by atoms with Crippen LogP contribution in [-0.4, -0.2) is 40.7 Å². The molecule has 29 heavy (non-hydrogen) atoms. The molecule has 1 fully saturated rings. The fraction of sp³-hybridized carbons (Fsp3) is 0.364. The minimum absolute atomic E-state index is 0.0374. The summed E-state index contributed by atoms with van der Waals surface area (Å²) in [7, 11) is 0. The molecule has 2 heterocycles. The van der Waals surface area contributed by atoms with Crippen molar-refractivity contribution >= 4 is 29.2 Å². The Kier molecular flexibility index (Phi) is 6.59. The first-order valence-corrected chi connectivity index (χ1v) is 9.90. The second-order valence-electron chi connectivity index (χ2n) is 7.28. The number of aromatic nitrogens is 1. The summed E-state index contributed by atoms with van der Waals surface area (Å²) >= 11 is 0. The van der Waals surface area contributed by atoms with Crippen molar-refractivity contribution < 1.29 is 14.4 Å². The Labute approximate surface area is 170 Å². The van der Waals surface area contributed by atoms with E-state index in [1.54, 1.807) is 35.2 Å². The van der Waals surface area contributed by atoms with E-state index in [4.69, 9.17) is 0 Å². The number of pyridine rings is 1. The molecular weight excluding hydrogens is 368 g/mol. The lowest BCUT2D eigenvalue weighted by Crippen LogP contribution is -2.29. The molecule has 1 saturated heterocycles. The first-order chi connectivity index (χ1) is 14.0. The number of amides is 3. The van der Waals surface area contributed by atoms with E-state index in [1.165, 1.54) is 0 Å². The van der Waals surface area contributed by atoms with Gasteiger partial charge in [-0.2, -0.15) is 0 Å². The number of benzene rings is 1. The Morgan fingerprint density at radius 1 is 1.14 bits per heavy atom. The van der Waals surface area contributed by atoms with E-state index in [0.717, 1.165) is 18.5 Å². The number of likely N-dealkylation sites (tertiary alicyclic amines) is 1. The average molecular weight is 394 g/mol.